The highest BCUT2D eigenvalue weighted by atomic mass is 16.5. The second-order valence-corrected chi connectivity index (χ2v) is 9.17. The van der Waals surface area contributed by atoms with Crippen LogP contribution in [0.15, 0.2) is 42.5 Å². The molecular weight excluding hydrogens is 430 g/mol. The van der Waals surface area contributed by atoms with E-state index >= 15 is 0 Å². The fourth-order valence-corrected chi connectivity index (χ4v) is 5.50. The maximum atomic E-state index is 12.4. The van der Waals surface area contributed by atoms with Crippen LogP contribution in [0.2, 0.25) is 0 Å². The lowest BCUT2D eigenvalue weighted by atomic mass is 9.73. The Morgan fingerprint density at radius 3 is 2.71 bits per heavy atom. The number of benzene rings is 2. The third-order valence-corrected chi connectivity index (χ3v) is 7.00. The predicted octanol–water partition coefficient (Wildman–Crippen LogP) is 4.14. The number of carbonyl (C=O) groups is 2. The Balaban J connectivity index is 1.73. The van der Waals surface area contributed by atoms with E-state index in [1.54, 1.807) is 0 Å². The zero-order valence-electron chi connectivity index (χ0n) is 19.3. The standard InChI is InChI=1S/C27H31N3O4/c28-13-5-9-19-15-23-21(16-24(19)34-14-6-12-25(31)32)26-20(27(29)33)10-4-11-22(26)30(23)17-18-7-2-1-3-8-18/h1-3,7-8,15-16,20,22,26H,4-6,9-12,14,17H2,(H2,29,33)(H,31,32). The van der Waals surface area contributed by atoms with Crippen LogP contribution in [0.4, 0.5) is 5.69 Å². The minimum Gasteiger partial charge on any atom is -0.493 e. The van der Waals surface area contributed by atoms with Gasteiger partial charge in [-0.15, -0.1) is 0 Å². The summed E-state index contributed by atoms with van der Waals surface area (Å²) in [5.41, 5.74) is 10.1. The molecule has 7 nitrogen and oxygen atoms in total. The fourth-order valence-electron chi connectivity index (χ4n) is 5.50. The first-order valence-electron chi connectivity index (χ1n) is 12.0. The van der Waals surface area contributed by atoms with E-state index in [1.165, 1.54) is 5.56 Å². The summed E-state index contributed by atoms with van der Waals surface area (Å²) in [5.74, 6) is -0.680. The van der Waals surface area contributed by atoms with Gasteiger partial charge in [-0.2, -0.15) is 5.26 Å². The molecule has 4 rings (SSSR count). The van der Waals surface area contributed by atoms with Crippen molar-refractivity contribution < 1.29 is 19.4 Å². The Bertz CT molecular complexity index is 1080. The molecule has 0 aromatic heterocycles. The number of nitrogens with zero attached hydrogens (tertiary/aromatic N) is 2. The number of carboxylic acids is 1. The number of hydrogen-bond donors (Lipinski definition) is 2. The van der Waals surface area contributed by atoms with Gasteiger partial charge in [-0.25, -0.2) is 0 Å². The number of primary amides is 1. The lowest BCUT2D eigenvalue weighted by Crippen LogP contribution is -2.42. The molecule has 1 aliphatic carbocycles. The maximum absolute atomic E-state index is 12.4. The Kier molecular flexibility index (Phi) is 7.36. The summed E-state index contributed by atoms with van der Waals surface area (Å²) in [6.45, 7) is 1.02. The average molecular weight is 462 g/mol. The molecule has 1 aliphatic heterocycles. The van der Waals surface area contributed by atoms with Crippen LogP contribution >= 0.6 is 0 Å². The van der Waals surface area contributed by atoms with Gasteiger partial charge in [-0.3, -0.25) is 9.59 Å². The van der Waals surface area contributed by atoms with Gasteiger partial charge >= 0.3 is 5.97 Å². The predicted molar refractivity (Wildman–Crippen MR) is 128 cm³/mol. The largest absolute Gasteiger partial charge is 0.493 e. The van der Waals surface area contributed by atoms with Gasteiger partial charge in [-0.05, 0) is 54.5 Å². The van der Waals surface area contributed by atoms with Crippen LogP contribution in [0.5, 0.6) is 5.75 Å². The van der Waals surface area contributed by atoms with Gasteiger partial charge in [0.25, 0.3) is 0 Å². The zero-order chi connectivity index (χ0) is 24.1. The number of nitrogens with two attached hydrogens (primary N) is 1. The highest BCUT2D eigenvalue weighted by Gasteiger charge is 2.47. The highest BCUT2D eigenvalue weighted by Crippen LogP contribution is 2.52. The van der Waals surface area contributed by atoms with E-state index in [0.29, 0.717) is 25.0 Å². The summed E-state index contributed by atoms with van der Waals surface area (Å²) < 4.78 is 6.03. The van der Waals surface area contributed by atoms with E-state index in [9.17, 15) is 14.9 Å². The first-order chi connectivity index (χ1) is 16.5. The maximum Gasteiger partial charge on any atom is 0.303 e. The van der Waals surface area contributed by atoms with Gasteiger partial charge in [0.2, 0.25) is 5.91 Å². The van der Waals surface area contributed by atoms with E-state index in [1.807, 2.05) is 24.3 Å². The van der Waals surface area contributed by atoms with Crippen molar-refractivity contribution in [3.8, 4) is 11.8 Å². The minimum absolute atomic E-state index is 0.00338. The molecule has 3 atom stereocenters. The second-order valence-electron chi connectivity index (χ2n) is 9.17. The number of ether oxygens (including phenoxy) is 1. The smallest absolute Gasteiger partial charge is 0.303 e. The third-order valence-electron chi connectivity index (χ3n) is 7.00. The lowest BCUT2D eigenvalue weighted by Gasteiger charge is -2.37. The Hall–Kier alpha value is -3.53. The van der Waals surface area contributed by atoms with E-state index in [0.717, 1.165) is 42.6 Å². The number of amides is 1. The monoisotopic (exact) mass is 461 g/mol. The van der Waals surface area contributed by atoms with Crippen LogP contribution in [-0.2, 0) is 22.6 Å². The normalized spacial score (nSPS) is 20.8. The number of carbonyl (C=O) groups excluding carboxylic acids is 1. The molecule has 0 bridgehead atoms. The molecule has 2 aromatic rings. The first kappa shape index (κ1) is 23.6. The molecule has 2 aliphatic rings. The number of nitriles is 1. The molecule has 7 heteroatoms. The molecule has 1 fully saturated rings. The third kappa shape index (κ3) is 5.01. The summed E-state index contributed by atoms with van der Waals surface area (Å²) in [6.07, 6.45) is 4.07. The molecule has 1 amide bonds. The van der Waals surface area contributed by atoms with Crippen molar-refractivity contribution in [3.63, 3.8) is 0 Å². The Morgan fingerprint density at radius 1 is 1.21 bits per heavy atom. The lowest BCUT2D eigenvalue weighted by molar-refractivity contribution is -0.137. The number of rotatable bonds is 10. The zero-order valence-corrected chi connectivity index (χ0v) is 19.3. The molecule has 178 valence electrons. The molecular formula is C27H31N3O4. The van der Waals surface area contributed by atoms with Crippen molar-refractivity contribution in [2.75, 3.05) is 11.5 Å². The topological polar surface area (TPSA) is 117 Å². The van der Waals surface area contributed by atoms with E-state index < -0.39 is 5.97 Å². The van der Waals surface area contributed by atoms with Gasteiger partial charge in [0.1, 0.15) is 5.75 Å². The number of fused-ring (bicyclic) bond motifs is 3. The van der Waals surface area contributed by atoms with E-state index in [2.05, 4.69) is 29.2 Å². The summed E-state index contributed by atoms with van der Waals surface area (Å²) in [4.78, 5) is 25.7. The number of carboxylic acid groups (broad SMARTS) is 1. The summed E-state index contributed by atoms with van der Waals surface area (Å²) in [7, 11) is 0. The van der Waals surface area contributed by atoms with Crippen molar-refractivity contribution in [2.24, 2.45) is 11.7 Å². The number of anilines is 1. The molecule has 2 aromatic carbocycles. The minimum atomic E-state index is -0.854. The van der Waals surface area contributed by atoms with Gasteiger partial charge in [-0.1, -0.05) is 36.8 Å². The molecule has 34 heavy (non-hydrogen) atoms. The van der Waals surface area contributed by atoms with Crippen molar-refractivity contribution in [1.82, 2.24) is 0 Å². The van der Waals surface area contributed by atoms with Gasteiger partial charge in [0.15, 0.2) is 0 Å². The van der Waals surface area contributed by atoms with Crippen LogP contribution in [0, 0.1) is 17.2 Å². The van der Waals surface area contributed by atoms with Crippen LogP contribution in [0.3, 0.4) is 0 Å². The Morgan fingerprint density at radius 2 is 2.00 bits per heavy atom. The Labute approximate surface area is 200 Å². The number of hydrogen-bond acceptors (Lipinski definition) is 5. The van der Waals surface area contributed by atoms with Crippen LogP contribution in [0.25, 0.3) is 0 Å². The molecule has 0 saturated heterocycles. The fraction of sp³-hybridized carbons (Fsp3) is 0.444. The van der Waals surface area contributed by atoms with E-state index in [4.69, 9.17) is 15.6 Å². The molecule has 0 radical (unpaired) electrons. The van der Waals surface area contributed by atoms with Crippen molar-refractivity contribution >= 4 is 17.6 Å². The highest BCUT2D eigenvalue weighted by molar-refractivity contribution is 5.80. The van der Waals surface area contributed by atoms with Gasteiger partial charge in [0.05, 0.1) is 12.7 Å². The summed E-state index contributed by atoms with van der Waals surface area (Å²) in [5, 5.41) is 18.1. The molecule has 3 unspecified atom stereocenters. The first-order valence-corrected chi connectivity index (χ1v) is 12.0. The molecule has 0 spiro atoms. The summed E-state index contributed by atoms with van der Waals surface area (Å²) in [6, 6.07) is 16.8. The van der Waals surface area contributed by atoms with Crippen LogP contribution in [0.1, 0.15) is 61.1 Å². The van der Waals surface area contributed by atoms with Crippen LogP contribution < -0.4 is 15.4 Å². The van der Waals surface area contributed by atoms with Gasteiger partial charge in [0, 0.05) is 43.0 Å². The SMILES string of the molecule is N#CCCc1cc2c(cc1OCCCC(=O)O)C1C(C(N)=O)CCCC1N2Cc1ccccc1. The number of aliphatic carboxylic acids is 1. The molecule has 3 N–H and O–H groups in total. The quantitative estimate of drug-likeness (QED) is 0.514. The van der Waals surface area contributed by atoms with Crippen molar-refractivity contribution in [2.45, 2.75) is 63.5 Å². The van der Waals surface area contributed by atoms with Crippen molar-refractivity contribution in [1.29, 1.82) is 5.26 Å². The average Bonchev–Trinajstić information content (AvgIpc) is 3.13. The number of aryl methyl sites for hydroxylation is 1. The molecule has 1 heterocycles. The van der Waals surface area contributed by atoms with Gasteiger partial charge < -0.3 is 20.5 Å². The van der Waals surface area contributed by atoms with Crippen molar-refractivity contribution in [3.05, 3.63) is 59.2 Å². The van der Waals surface area contributed by atoms with Crippen LogP contribution in [-0.4, -0.2) is 29.6 Å². The second kappa shape index (κ2) is 10.6. The molecule has 1 saturated carbocycles. The summed E-state index contributed by atoms with van der Waals surface area (Å²) >= 11 is 0. The van der Waals surface area contributed by atoms with E-state index in [-0.39, 0.29) is 36.8 Å².